The SMILES string of the molecule is Cc1ccc(S(=O)(=O)Nc2ccc([N+](=O)[O-])c(C)c2)cc1. The summed E-state index contributed by atoms with van der Waals surface area (Å²) in [6.07, 6.45) is 0. The molecule has 6 nitrogen and oxygen atoms in total. The van der Waals surface area contributed by atoms with E-state index in [2.05, 4.69) is 4.72 Å². The fraction of sp³-hybridized carbons (Fsp3) is 0.143. The van der Waals surface area contributed by atoms with Crippen LogP contribution in [-0.4, -0.2) is 13.3 Å². The van der Waals surface area contributed by atoms with Crippen molar-refractivity contribution in [2.45, 2.75) is 18.7 Å². The molecule has 2 rings (SSSR count). The zero-order chi connectivity index (χ0) is 15.6. The minimum Gasteiger partial charge on any atom is -0.280 e. The van der Waals surface area contributed by atoms with Crippen molar-refractivity contribution in [1.82, 2.24) is 0 Å². The molecule has 0 unspecified atom stereocenters. The maximum atomic E-state index is 12.2. The van der Waals surface area contributed by atoms with Crippen molar-refractivity contribution in [2.75, 3.05) is 4.72 Å². The fourth-order valence-corrected chi connectivity index (χ4v) is 2.90. The normalized spacial score (nSPS) is 11.1. The highest BCUT2D eigenvalue weighted by molar-refractivity contribution is 7.92. The quantitative estimate of drug-likeness (QED) is 0.694. The number of nitro benzene ring substituents is 1. The van der Waals surface area contributed by atoms with E-state index in [0.717, 1.165) is 5.56 Å². The van der Waals surface area contributed by atoms with Crippen molar-refractivity contribution in [3.63, 3.8) is 0 Å². The zero-order valence-corrected chi connectivity index (χ0v) is 12.3. The Morgan fingerprint density at radius 2 is 1.67 bits per heavy atom. The van der Waals surface area contributed by atoms with Crippen LogP contribution >= 0.6 is 0 Å². The number of rotatable bonds is 4. The molecule has 110 valence electrons. The molecule has 0 saturated heterocycles. The summed E-state index contributed by atoms with van der Waals surface area (Å²) in [6, 6.07) is 10.5. The Morgan fingerprint density at radius 1 is 1.05 bits per heavy atom. The Hall–Kier alpha value is -2.41. The van der Waals surface area contributed by atoms with Crippen LogP contribution in [0.3, 0.4) is 0 Å². The van der Waals surface area contributed by atoms with Gasteiger partial charge in [0.05, 0.1) is 9.82 Å². The fourth-order valence-electron chi connectivity index (χ4n) is 1.86. The van der Waals surface area contributed by atoms with E-state index >= 15 is 0 Å². The van der Waals surface area contributed by atoms with Crippen molar-refractivity contribution >= 4 is 21.4 Å². The molecule has 0 atom stereocenters. The van der Waals surface area contributed by atoms with E-state index in [1.807, 2.05) is 6.92 Å². The molecule has 0 fully saturated rings. The summed E-state index contributed by atoms with van der Waals surface area (Å²) in [5, 5.41) is 10.7. The van der Waals surface area contributed by atoms with Crippen LogP contribution in [0.5, 0.6) is 0 Å². The van der Waals surface area contributed by atoms with Gasteiger partial charge in [0, 0.05) is 17.3 Å². The largest absolute Gasteiger partial charge is 0.280 e. The van der Waals surface area contributed by atoms with Gasteiger partial charge in [0.15, 0.2) is 0 Å². The number of nitro groups is 1. The molecular weight excluding hydrogens is 292 g/mol. The average molecular weight is 306 g/mol. The van der Waals surface area contributed by atoms with Crippen LogP contribution in [0.1, 0.15) is 11.1 Å². The van der Waals surface area contributed by atoms with Crippen molar-refractivity contribution in [3.8, 4) is 0 Å². The molecule has 0 amide bonds. The lowest BCUT2D eigenvalue weighted by molar-refractivity contribution is -0.385. The second-order valence-corrected chi connectivity index (χ2v) is 6.36. The standard InChI is InChI=1S/C14H14N2O4S/c1-10-3-6-13(7-4-10)21(19,20)15-12-5-8-14(16(17)18)11(2)9-12/h3-9,15H,1-2H3. The Bertz CT molecular complexity index is 783. The number of hydrogen-bond acceptors (Lipinski definition) is 4. The average Bonchev–Trinajstić information content (AvgIpc) is 2.38. The van der Waals surface area contributed by atoms with Crippen LogP contribution in [0.4, 0.5) is 11.4 Å². The number of aryl methyl sites for hydroxylation is 2. The number of benzene rings is 2. The monoisotopic (exact) mass is 306 g/mol. The Balaban J connectivity index is 2.31. The van der Waals surface area contributed by atoms with Gasteiger partial charge < -0.3 is 0 Å². The first kappa shape index (κ1) is 15.0. The summed E-state index contributed by atoms with van der Waals surface area (Å²) < 4.78 is 26.8. The van der Waals surface area contributed by atoms with Crippen LogP contribution in [0, 0.1) is 24.0 Å². The molecule has 0 aromatic heterocycles. The summed E-state index contributed by atoms with van der Waals surface area (Å²) in [5.74, 6) is 0. The second-order valence-electron chi connectivity index (χ2n) is 4.68. The van der Waals surface area contributed by atoms with Gasteiger partial charge in [-0.1, -0.05) is 17.7 Å². The first-order chi connectivity index (χ1) is 9.79. The molecule has 0 aliphatic carbocycles. The number of nitrogens with one attached hydrogen (secondary N) is 1. The van der Waals surface area contributed by atoms with Crippen LogP contribution in [-0.2, 0) is 10.0 Å². The van der Waals surface area contributed by atoms with E-state index in [1.54, 1.807) is 19.1 Å². The predicted octanol–water partition coefficient (Wildman–Crippen LogP) is 3.01. The topological polar surface area (TPSA) is 89.3 Å². The van der Waals surface area contributed by atoms with E-state index in [-0.39, 0.29) is 10.6 Å². The molecule has 0 aliphatic rings. The highest BCUT2D eigenvalue weighted by Crippen LogP contribution is 2.23. The molecule has 7 heteroatoms. The molecule has 2 aromatic carbocycles. The molecule has 0 bridgehead atoms. The van der Waals surface area contributed by atoms with E-state index < -0.39 is 14.9 Å². The summed E-state index contributed by atoms with van der Waals surface area (Å²) >= 11 is 0. The number of anilines is 1. The minimum absolute atomic E-state index is 0.0479. The molecule has 0 saturated carbocycles. The molecule has 0 radical (unpaired) electrons. The highest BCUT2D eigenvalue weighted by atomic mass is 32.2. The number of hydrogen-bond donors (Lipinski definition) is 1. The van der Waals surface area contributed by atoms with Gasteiger partial charge in [-0.2, -0.15) is 0 Å². The predicted molar refractivity (Wildman–Crippen MR) is 79.8 cm³/mol. The Morgan fingerprint density at radius 3 is 2.19 bits per heavy atom. The first-order valence-corrected chi connectivity index (χ1v) is 7.62. The first-order valence-electron chi connectivity index (χ1n) is 6.14. The molecule has 0 heterocycles. The molecule has 1 N–H and O–H groups in total. The van der Waals surface area contributed by atoms with Gasteiger partial charge in [-0.15, -0.1) is 0 Å². The third-order valence-corrected chi connectivity index (χ3v) is 4.37. The molecular formula is C14H14N2O4S. The van der Waals surface area contributed by atoms with E-state index in [9.17, 15) is 18.5 Å². The van der Waals surface area contributed by atoms with Gasteiger partial charge in [0.25, 0.3) is 15.7 Å². The molecule has 0 spiro atoms. The maximum absolute atomic E-state index is 12.2. The number of nitrogens with zero attached hydrogens (tertiary/aromatic N) is 1. The maximum Gasteiger partial charge on any atom is 0.272 e. The lowest BCUT2D eigenvalue weighted by Gasteiger charge is -2.09. The van der Waals surface area contributed by atoms with Crippen molar-refractivity contribution in [1.29, 1.82) is 0 Å². The van der Waals surface area contributed by atoms with Crippen molar-refractivity contribution < 1.29 is 13.3 Å². The van der Waals surface area contributed by atoms with Gasteiger partial charge in [-0.3, -0.25) is 14.8 Å². The van der Waals surface area contributed by atoms with E-state index in [0.29, 0.717) is 11.3 Å². The van der Waals surface area contributed by atoms with Crippen molar-refractivity contribution in [3.05, 3.63) is 63.7 Å². The summed E-state index contributed by atoms with van der Waals surface area (Å²) in [5.41, 5.74) is 1.59. The zero-order valence-electron chi connectivity index (χ0n) is 11.5. The van der Waals surface area contributed by atoms with Crippen LogP contribution in [0.15, 0.2) is 47.4 Å². The molecule has 21 heavy (non-hydrogen) atoms. The third kappa shape index (κ3) is 3.38. The van der Waals surface area contributed by atoms with Crippen LogP contribution in [0.25, 0.3) is 0 Å². The van der Waals surface area contributed by atoms with Gasteiger partial charge in [0.2, 0.25) is 0 Å². The van der Waals surface area contributed by atoms with Gasteiger partial charge in [-0.05, 0) is 38.1 Å². The number of sulfonamides is 1. The molecule has 2 aromatic rings. The minimum atomic E-state index is -3.70. The molecule has 0 aliphatic heterocycles. The summed E-state index contributed by atoms with van der Waals surface area (Å²) in [4.78, 5) is 10.4. The third-order valence-electron chi connectivity index (χ3n) is 2.98. The van der Waals surface area contributed by atoms with Crippen LogP contribution in [0.2, 0.25) is 0 Å². The Labute approximate surface area is 122 Å². The summed E-state index contributed by atoms with van der Waals surface area (Å²) in [7, 11) is -3.70. The van der Waals surface area contributed by atoms with Crippen molar-refractivity contribution in [2.24, 2.45) is 0 Å². The lowest BCUT2D eigenvalue weighted by Crippen LogP contribution is -2.13. The van der Waals surface area contributed by atoms with Gasteiger partial charge in [-0.25, -0.2) is 8.42 Å². The smallest absolute Gasteiger partial charge is 0.272 e. The van der Waals surface area contributed by atoms with Gasteiger partial charge >= 0.3 is 0 Å². The van der Waals surface area contributed by atoms with E-state index in [1.165, 1.54) is 30.3 Å². The lowest BCUT2D eigenvalue weighted by atomic mass is 10.2. The Kier molecular flexibility index (Phi) is 3.95. The van der Waals surface area contributed by atoms with Crippen LogP contribution < -0.4 is 4.72 Å². The second kappa shape index (κ2) is 5.53. The van der Waals surface area contributed by atoms with Gasteiger partial charge in [0.1, 0.15) is 0 Å². The summed E-state index contributed by atoms with van der Waals surface area (Å²) in [6.45, 7) is 3.42. The highest BCUT2D eigenvalue weighted by Gasteiger charge is 2.16. The van der Waals surface area contributed by atoms with E-state index in [4.69, 9.17) is 0 Å².